The Hall–Kier alpha value is -1.63. The molecular formula is C22H26N2O2S2. The normalized spacial score (nSPS) is 16.7. The largest absolute Gasteiger partial charge is 0.372 e. The molecule has 0 aliphatic carbocycles. The molecule has 4 rings (SSSR count). The van der Waals surface area contributed by atoms with Gasteiger partial charge in [-0.3, -0.25) is 9.36 Å². The molecule has 0 saturated heterocycles. The molecule has 0 N–H and O–H groups in total. The van der Waals surface area contributed by atoms with Gasteiger partial charge in [0, 0.05) is 17.1 Å². The molecule has 1 aromatic carbocycles. The zero-order chi connectivity index (χ0) is 19.8. The Labute approximate surface area is 174 Å². The summed E-state index contributed by atoms with van der Waals surface area (Å²) in [5, 5.41) is 1.57. The zero-order valence-electron chi connectivity index (χ0n) is 16.8. The third kappa shape index (κ3) is 3.53. The molecule has 0 bridgehead atoms. The molecule has 0 radical (unpaired) electrons. The molecule has 0 unspecified atom stereocenters. The Balaban J connectivity index is 1.93. The number of hydrogen-bond acceptors (Lipinski definition) is 5. The lowest BCUT2D eigenvalue weighted by Crippen LogP contribution is -2.28. The average Bonchev–Trinajstić information content (AvgIpc) is 3.05. The first-order valence-electron chi connectivity index (χ1n) is 9.88. The highest BCUT2D eigenvalue weighted by molar-refractivity contribution is 7.99. The molecule has 4 nitrogen and oxygen atoms in total. The summed E-state index contributed by atoms with van der Waals surface area (Å²) in [6.45, 7) is 9.13. The van der Waals surface area contributed by atoms with E-state index in [4.69, 9.17) is 9.72 Å². The predicted octanol–water partition coefficient (Wildman–Crippen LogP) is 5.36. The van der Waals surface area contributed by atoms with E-state index < -0.39 is 0 Å². The second kappa shape index (κ2) is 8.01. The van der Waals surface area contributed by atoms with Crippen molar-refractivity contribution in [3.8, 4) is 5.69 Å². The molecule has 6 heteroatoms. The molecule has 0 spiro atoms. The van der Waals surface area contributed by atoms with Gasteiger partial charge in [-0.1, -0.05) is 50.2 Å². The maximum Gasteiger partial charge on any atom is 0.267 e. The molecule has 1 aliphatic rings. The fourth-order valence-corrected chi connectivity index (χ4v) is 5.58. The fraction of sp³-hybridized carbons (Fsp3) is 0.455. The van der Waals surface area contributed by atoms with Gasteiger partial charge >= 0.3 is 0 Å². The summed E-state index contributed by atoms with van der Waals surface area (Å²) >= 11 is 3.27. The Morgan fingerprint density at radius 3 is 2.75 bits per heavy atom. The number of hydrogen-bond donors (Lipinski definition) is 0. The Morgan fingerprint density at radius 2 is 2.07 bits per heavy atom. The number of rotatable bonds is 5. The van der Waals surface area contributed by atoms with Crippen LogP contribution in [0.3, 0.4) is 0 Å². The second-order valence-electron chi connectivity index (χ2n) is 7.70. The van der Waals surface area contributed by atoms with Crippen LogP contribution in [0.5, 0.6) is 0 Å². The second-order valence-corrected chi connectivity index (χ2v) is 9.85. The van der Waals surface area contributed by atoms with Gasteiger partial charge in [0.25, 0.3) is 5.56 Å². The number of aryl methyl sites for hydroxylation is 1. The van der Waals surface area contributed by atoms with Crippen LogP contribution in [0, 0.1) is 12.8 Å². The Kier molecular flexibility index (Phi) is 5.63. The molecule has 0 saturated carbocycles. The molecule has 148 valence electrons. The number of ether oxygens (including phenoxy) is 1. The van der Waals surface area contributed by atoms with E-state index in [1.165, 1.54) is 5.56 Å². The van der Waals surface area contributed by atoms with Crippen molar-refractivity contribution in [1.82, 2.24) is 9.55 Å². The van der Waals surface area contributed by atoms with E-state index in [1.807, 2.05) is 24.3 Å². The highest BCUT2D eigenvalue weighted by Crippen LogP contribution is 2.36. The summed E-state index contributed by atoms with van der Waals surface area (Å²) in [4.78, 5) is 20.6. The van der Waals surface area contributed by atoms with Crippen LogP contribution in [-0.2, 0) is 17.8 Å². The van der Waals surface area contributed by atoms with E-state index in [9.17, 15) is 4.79 Å². The van der Waals surface area contributed by atoms with Gasteiger partial charge in [-0.25, -0.2) is 4.98 Å². The summed E-state index contributed by atoms with van der Waals surface area (Å²) in [5.74, 6) is 1.36. The van der Waals surface area contributed by atoms with Gasteiger partial charge in [-0.15, -0.1) is 11.3 Å². The predicted molar refractivity (Wildman–Crippen MR) is 118 cm³/mol. The van der Waals surface area contributed by atoms with Crippen LogP contribution in [-0.4, -0.2) is 21.4 Å². The molecule has 0 amide bonds. The van der Waals surface area contributed by atoms with Crippen LogP contribution in [0.25, 0.3) is 15.9 Å². The minimum Gasteiger partial charge on any atom is -0.372 e. The van der Waals surface area contributed by atoms with E-state index in [0.717, 1.165) is 50.1 Å². The topological polar surface area (TPSA) is 44.1 Å². The molecule has 2 aromatic heterocycles. The highest BCUT2D eigenvalue weighted by atomic mass is 32.2. The van der Waals surface area contributed by atoms with Gasteiger partial charge in [0.15, 0.2) is 5.16 Å². The fourth-order valence-electron chi connectivity index (χ4n) is 3.55. The number of aromatic nitrogens is 2. The highest BCUT2D eigenvalue weighted by Gasteiger charge is 2.28. The summed E-state index contributed by atoms with van der Waals surface area (Å²) in [7, 11) is 0. The van der Waals surface area contributed by atoms with Crippen LogP contribution >= 0.6 is 23.1 Å². The third-order valence-electron chi connectivity index (χ3n) is 5.18. The molecule has 1 atom stereocenters. The van der Waals surface area contributed by atoms with Crippen LogP contribution in [0.4, 0.5) is 0 Å². The molecular weight excluding hydrogens is 388 g/mol. The standard InChI is InChI=1S/C22H26N2O2S2/c1-5-10-27-22-23-20-19(16-11-17(13(2)3)26-12-18(16)28-20)21(25)24(22)15-8-6-14(4)7-9-15/h6-9,13,17H,5,10-12H2,1-4H3/t17-/m1/s1. The quantitative estimate of drug-likeness (QED) is 0.417. The van der Waals surface area contributed by atoms with Crippen LogP contribution in [0.1, 0.15) is 43.2 Å². The van der Waals surface area contributed by atoms with Gasteiger partial charge in [-0.05, 0) is 37.0 Å². The molecule has 1 aliphatic heterocycles. The van der Waals surface area contributed by atoms with Crippen molar-refractivity contribution in [2.75, 3.05) is 5.75 Å². The minimum absolute atomic E-state index is 0.0503. The number of thioether (sulfide) groups is 1. The summed E-state index contributed by atoms with van der Waals surface area (Å²) < 4.78 is 7.83. The van der Waals surface area contributed by atoms with Gasteiger partial charge in [0.05, 0.1) is 23.8 Å². The van der Waals surface area contributed by atoms with Gasteiger partial charge in [0.2, 0.25) is 0 Å². The van der Waals surface area contributed by atoms with Crippen LogP contribution in [0.2, 0.25) is 0 Å². The van der Waals surface area contributed by atoms with Gasteiger partial charge < -0.3 is 4.74 Å². The zero-order valence-corrected chi connectivity index (χ0v) is 18.5. The van der Waals surface area contributed by atoms with Gasteiger partial charge in [0.1, 0.15) is 4.83 Å². The van der Waals surface area contributed by atoms with Crippen LogP contribution < -0.4 is 5.56 Å². The lowest BCUT2D eigenvalue weighted by molar-refractivity contribution is 0.00200. The average molecular weight is 415 g/mol. The number of fused-ring (bicyclic) bond motifs is 3. The minimum atomic E-state index is 0.0503. The molecule has 0 fully saturated rings. The monoisotopic (exact) mass is 414 g/mol. The van der Waals surface area contributed by atoms with Crippen LogP contribution in [0.15, 0.2) is 34.2 Å². The van der Waals surface area contributed by atoms with Crippen molar-refractivity contribution in [3.63, 3.8) is 0 Å². The third-order valence-corrected chi connectivity index (χ3v) is 7.43. The van der Waals surface area contributed by atoms with Gasteiger partial charge in [-0.2, -0.15) is 0 Å². The maximum absolute atomic E-state index is 13.7. The first-order chi connectivity index (χ1) is 13.5. The maximum atomic E-state index is 13.7. The molecule has 3 heterocycles. The van der Waals surface area contributed by atoms with Crippen molar-refractivity contribution in [3.05, 3.63) is 50.6 Å². The SMILES string of the molecule is CCCSc1nc2sc3c(c2c(=O)n1-c1ccc(C)cc1)C[C@H](C(C)C)OC3. The summed E-state index contributed by atoms with van der Waals surface area (Å²) in [5.41, 5.74) is 3.26. The van der Waals surface area contributed by atoms with Crippen molar-refractivity contribution in [1.29, 1.82) is 0 Å². The van der Waals surface area contributed by atoms with E-state index in [0.29, 0.717) is 12.5 Å². The molecule has 28 heavy (non-hydrogen) atoms. The number of nitrogens with zero attached hydrogens (tertiary/aromatic N) is 2. The van der Waals surface area contributed by atoms with Crippen molar-refractivity contribution in [2.24, 2.45) is 5.92 Å². The van der Waals surface area contributed by atoms with E-state index in [2.05, 4.69) is 27.7 Å². The Bertz CT molecular complexity index is 1050. The van der Waals surface area contributed by atoms with E-state index in [1.54, 1.807) is 27.7 Å². The lowest BCUT2D eigenvalue weighted by atomic mass is 9.96. The first-order valence-corrected chi connectivity index (χ1v) is 11.7. The lowest BCUT2D eigenvalue weighted by Gasteiger charge is -2.26. The van der Waals surface area contributed by atoms with Crippen molar-refractivity contribution in [2.45, 2.75) is 58.4 Å². The van der Waals surface area contributed by atoms with E-state index >= 15 is 0 Å². The van der Waals surface area contributed by atoms with Crippen molar-refractivity contribution < 1.29 is 4.74 Å². The summed E-state index contributed by atoms with van der Waals surface area (Å²) in [6.07, 6.45) is 1.99. The Morgan fingerprint density at radius 1 is 1.32 bits per heavy atom. The molecule has 3 aromatic rings. The number of benzene rings is 1. The van der Waals surface area contributed by atoms with Crippen molar-refractivity contribution >= 4 is 33.3 Å². The first kappa shape index (κ1) is 19.7. The van der Waals surface area contributed by atoms with E-state index in [-0.39, 0.29) is 11.7 Å². The smallest absolute Gasteiger partial charge is 0.267 e. The number of thiophene rings is 1. The summed E-state index contributed by atoms with van der Waals surface area (Å²) in [6, 6.07) is 8.12.